The van der Waals surface area contributed by atoms with Crippen molar-refractivity contribution in [2.75, 3.05) is 0 Å². The molecule has 17 heavy (non-hydrogen) atoms. The lowest BCUT2D eigenvalue weighted by Crippen LogP contribution is -2.03. The minimum absolute atomic E-state index is 0.518. The summed E-state index contributed by atoms with van der Waals surface area (Å²) < 4.78 is 37.1. The zero-order valence-corrected chi connectivity index (χ0v) is 9.31. The zero-order chi connectivity index (χ0) is 12.5. The molecule has 0 fully saturated rings. The van der Waals surface area contributed by atoms with E-state index in [0.717, 1.165) is 12.1 Å². The maximum absolute atomic E-state index is 12.4. The quantitative estimate of drug-likeness (QED) is 0.734. The number of halogens is 3. The average Bonchev–Trinajstić information content (AvgIpc) is 2.76. The van der Waals surface area contributed by atoms with Crippen LogP contribution < -0.4 is 0 Å². The molecular weight excluding hydrogens is 249 g/mol. The summed E-state index contributed by atoms with van der Waals surface area (Å²) in [6, 6.07) is 6.50. The van der Waals surface area contributed by atoms with Crippen LogP contribution in [0.3, 0.4) is 0 Å². The van der Waals surface area contributed by atoms with Crippen LogP contribution in [0.2, 0.25) is 0 Å². The minimum Gasteiger partial charge on any atom is -0.297 e. The SMILES string of the molecule is O=Cc1sccc1-c1ccc(C(F)(F)F)cc1. The molecule has 0 saturated carbocycles. The number of carbonyl (C=O) groups excluding carboxylic acids is 1. The molecule has 1 heterocycles. The van der Waals surface area contributed by atoms with Gasteiger partial charge in [-0.15, -0.1) is 11.3 Å². The molecule has 0 saturated heterocycles. The first-order chi connectivity index (χ1) is 8.02. The lowest BCUT2D eigenvalue weighted by molar-refractivity contribution is -0.137. The predicted octanol–water partition coefficient (Wildman–Crippen LogP) is 4.25. The van der Waals surface area contributed by atoms with E-state index in [1.807, 2.05) is 0 Å². The number of aldehydes is 1. The van der Waals surface area contributed by atoms with E-state index in [1.54, 1.807) is 11.4 Å². The highest BCUT2D eigenvalue weighted by Gasteiger charge is 2.30. The Morgan fingerprint density at radius 2 is 1.71 bits per heavy atom. The van der Waals surface area contributed by atoms with Crippen molar-refractivity contribution in [3.8, 4) is 11.1 Å². The van der Waals surface area contributed by atoms with Gasteiger partial charge < -0.3 is 0 Å². The molecule has 88 valence electrons. The van der Waals surface area contributed by atoms with E-state index in [2.05, 4.69) is 0 Å². The van der Waals surface area contributed by atoms with Crippen LogP contribution >= 0.6 is 11.3 Å². The van der Waals surface area contributed by atoms with Crippen molar-refractivity contribution >= 4 is 17.6 Å². The first kappa shape index (κ1) is 11.9. The van der Waals surface area contributed by atoms with Crippen LogP contribution in [-0.2, 0) is 6.18 Å². The molecule has 2 rings (SSSR count). The molecule has 0 spiro atoms. The molecule has 0 atom stereocenters. The van der Waals surface area contributed by atoms with Gasteiger partial charge >= 0.3 is 6.18 Å². The minimum atomic E-state index is -4.33. The number of thiophene rings is 1. The summed E-state index contributed by atoms with van der Waals surface area (Å²) in [5, 5.41) is 1.73. The van der Waals surface area contributed by atoms with Crippen molar-refractivity contribution < 1.29 is 18.0 Å². The molecule has 1 nitrogen and oxygen atoms in total. The number of alkyl halides is 3. The van der Waals surface area contributed by atoms with Gasteiger partial charge in [-0.05, 0) is 29.1 Å². The summed E-state index contributed by atoms with van der Waals surface area (Å²) in [5.74, 6) is 0. The fourth-order valence-electron chi connectivity index (χ4n) is 1.49. The molecule has 0 radical (unpaired) electrons. The van der Waals surface area contributed by atoms with Crippen LogP contribution in [0.1, 0.15) is 15.2 Å². The van der Waals surface area contributed by atoms with E-state index in [0.29, 0.717) is 22.3 Å². The lowest BCUT2D eigenvalue weighted by Gasteiger charge is -2.07. The summed E-state index contributed by atoms with van der Waals surface area (Å²) in [6.07, 6.45) is -3.63. The largest absolute Gasteiger partial charge is 0.416 e. The Balaban J connectivity index is 2.39. The number of carbonyl (C=O) groups is 1. The van der Waals surface area contributed by atoms with Crippen LogP contribution in [0.4, 0.5) is 13.2 Å². The second-order valence-corrected chi connectivity index (χ2v) is 4.34. The highest BCUT2D eigenvalue weighted by atomic mass is 32.1. The molecule has 0 bridgehead atoms. The van der Waals surface area contributed by atoms with Gasteiger partial charge in [-0.2, -0.15) is 13.2 Å². The third-order valence-corrected chi connectivity index (χ3v) is 3.17. The second-order valence-electron chi connectivity index (χ2n) is 3.39. The summed E-state index contributed by atoms with van der Waals surface area (Å²) in [5.41, 5.74) is 0.587. The van der Waals surface area contributed by atoms with Gasteiger partial charge in [-0.3, -0.25) is 4.79 Å². The van der Waals surface area contributed by atoms with Crippen molar-refractivity contribution in [3.05, 3.63) is 46.2 Å². The third-order valence-electron chi connectivity index (χ3n) is 2.33. The molecule has 1 aromatic heterocycles. The second kappa shape index (κ2) is 4.33. The number of rotatable bonds is 2. The summed E-state index contributed by atoms with van der Waals surface area (Å²) in [7, 11) is 0. The van der Waals surface area contributed by atoms with Crippen molar-refractivity contribution in [2.45, 2.75) is 6.18 Å². The molecule has 0 aliphatic carbocycles. The zero-order valence-electron chi connectivity index (χ0n) is 8.49. The first-order valence-electron chi connectivity index (χ1n) is 4.72. The molecular formula is C12H7F3OS. The van der Waals surface area contributed by atoms with E-state index >= 15 is 0 Å². The molecule has 0 aliphatic heterocycles. The molecule has 0 unspecified atom stereocenters. The summed E-state index contributed by atoms with van der Waals surface area (Å²) in [4.78, 5) is 11.2. The topological polar surface area (TPSA) is 17.1 Å². The van der Waals surface area contributed by atoms with E-state index in [9.17, 15) is 18.0 Å². The lowest BCUT2D eigenvalue weighted by atomic mass is 10.0. The fourth-order valence-corrected chi connectivity index (χ4v) is 2.21. The Morgan fingerprint density at radius 1 is 1.06 bits per heavy atom. The van der Waals surface area contributed by atoms with Crippen molar-refractivity contribution in [2.24, 2.45) is 0 Å². The number of hydrogen-bond donors (Lipinski definition) is 0. The summed E-state index contributed by atoms with van der Waals surface area (Å²) >= 11 is 1.26. The highest BCUT2D eigenvalue weighted by Crippen LogP contribution is 2.32. The van der Waals surface area contributed by atoms with Gasteiger partial charge in [-0.25, -0.2) is 0 Å². The van der Waals surface area contributed by atoms with Gasteiger partial charge in [0.05, 0.1) is 10.4 Å². The van der Waals surface area contributed by atoms with Crippen LogP contribution in [0.25, 0.3) is 11.1 Å². The van der Waals surface area contributed by atoms with Gasteiger partial charge in [0.25, 0.3) is 0 Å². The Labute approximate surface area is 99.5 Å². The van der Waals surface area contributed by atoms with Crippen molar-refractivity contribution in [1.82, 2.24) is 0 Å². The Bertz CT molecular complexity index is 525. The molecule has 1 aromatic carbocycles. The number of hydrogen-bond acceptors (Lipinski definition) is 2. The van der Waals surface area contributed by atoms with Gasteiger partial charge in [0.2, 0.25) is 0 Å². The van der Waals surface area contributed by atoms with E-state index in [-0.39, 0.29) is 0 Å². The van der Waals surface area contributed by atoms with Crippen LogP contribution in [0.5, 0.6) is 0 Å². The van der Waals surface area contributed by atoms with Crippen molar-refractivity contribution in [1.29, 1.82) is 0 Å². The molecule has 0 N–H and O–H groups in total. The summed E-state index contributed by atoms with van der Waals surface area (Å²) in [6.45, 7) is 0. The smallest absolute Gasteiger partial charge is 0.297 e. The maximum Gasteiger partial charge on any atom is 0.416 e. The standard InChI is InChI=1S/C12H7F3OS/c13-12(14,15)9-3-1-8(2-4-9)10-5-6-17-11(10)7-16/h1-7H. The van der Waals surface area contributed by atoms with Gasteiger partial charge in [0, 0.05) is 5.56 Å². The number of benzene rings is 1. The Hall–Kier alpha value is -1.62. The van der Waals surface area contributed by atoms with Gasteiger partial charge in [0.1, 0.15) is 0 Å². The molecule has 5 heteroatoms. The maximum atomic E-state index is 12.4. The van der Waals surface area contributed by atoms with Crippen LogP contribution in [0.15, 0.2) is 35.7 Å². The highest BCUT2D eigenvalue weighted by molar-refractivity contribution is 7.12. The monoisotopic (exact) mass is 256 g/mol. The van der Waals surface area contributed by atoms with Gasteiger partial charge in [0.15, 0.2) is 6.29 Å². The average molecular weight is 256 g/mol. The normalized spacial score (nSPS) is 11.5. The third kappa shape index (κ3) is 2.39. The van der Waals surface area contributed by atoms with E-state index in [4.69, 9.17) is 0 Å². The van der Waals surface area contributed by atoms with E-state index < -0.39 is 11.7 Å². The Morgan fingerprint density at radius 3 is 2.24 bits per heavy atom. The predicted molar refractivity (Wildman–Crippen MR) is 60.1 cm³/mol. The first-order valence-corrected chi connectivity index (χ1v) is 5.60. The van der Waals surface area contributed by atoms with Crippen LogP contribution in [0, 0.1) is 0 Å². The molecule has 0 amide bonds. The fraction of sp³-hybridized carbons (Fsp3) is 0.0833. The van der Waals surface area contributed by atoms with E-state index in [1.165, 1.54) is 23.5 Å². The van der Waals surface area contributed by atoms with Gasteiger partial charge in [-0.1, -0.05) is 12.1 Å². The molecule has 2 aromatic rings. The van der Waals surface area contributed by atoms with Crippen molar-refractivity contribution in [3.63, 3.8) is 0 Å². The van der Waals surface area contributed by atoms with Crippen LogP contribution in [-0.4, -0.2) is 6.29 Å². The molecule has 0 aliphatic rings. The Kier molecular flexibility index (Phi) is 3.02.